The molecule has 1 fully saturated rings. The summed E-state index contributed by atoms with van der Waals surface area (Å²) < 4.78 is 0. The van der Waals surface area contributed by atoms with Crippen LogP contribution in [-0.2, 0) is 0 Å². The zero-order chi connectivity index (χ0) is 14.5. The number of rotatable bonds is 5. The van der Waals surface area contributed by atoms with Gasteiger partial charge in [0.2, 0.25) is 0 Å². The third-order valence-electron chi connectivity index (χ3n) is 4.92. The van der Waals surface area contributed by atoms with Crippen LogP contribution in [0.3, 0.4) is 0 Å². The average Bonchev–Trinajstić information content (AvgIpc) is 2.47. The van der Waals surface area contributed by atoms with Crippen LogP contribution < -0.4 is 5.32 Å². The molecule has 1 saturated carbocycles. The summed E-state index contributed by atoms with van der Waals surface area (Å²) in [6.45, 7) is 7.77. The Morgan fingerprint density at radius 2 is 2.00 bits per heavy atom. The molecule has 0 bridgehead atoms. The Labute approximate surface area is 129 Å². The van der Waals surface area contributed by atoms with Crippen LogP contribution >= 0.6 is 11.6 Å². The maximum atomic E-state index is 6.24. The van der Waals surface area contributed by atoms with Gasteiger partial charge >= 0.3 is 0 Å². The number of hydrogen-bond donors (Lipinski definition) is 1. The molecule has 1 aromatic rings. The van der Waals surface area contributed by atoms with Crippen LogP contribution in [0.4, 0.5) is 0 Å². The minimum atomic E-state index is 0.462. The van der Waals surface area contributed by atoms with Gasteiger partial charge in [-0.15, -0.1) is 0 Å². The zero-order valence-electron chi connectivity index (χ0n) is 13.1. The fourth-order valence-corrected chi connectivity index (χ4v) is 4.02. The smallest absolute Gasteiger partial charge is 0.0409 e. The van der Waals surface area contributed by atoms with E-state index in [0.29, 0.717) is 6.04 Å². The van der Waals surface area contributed by atoms with Crippen molar-refractivity contribution < 1.29 is 0 Å². The number of benzene rings is 1. The number of nitrogens with one attached hydrogen (secondary N) is 1. The number of halogens is 1. The van der Waals surface area contributed by atoms with Gasteiger partial charge < -0.3 is 5.32 Å². The summed E-state index contributed by atoms with van der Waals surface area (Å²) in [6, 6.07) is 6.79. The minimum absolute atomic E-state index is 0.462. The Morgan fingerprint density at radius 1 is 1.25 bits per heavy atom. The second kappa shape index (κ2) is 7.47. The Morgan fingerprint density at radius 3 is 2.70 bits per heavy atom. The Bertz CT molecular complexity index is 429. The van der Waals surface area contributed by atoms with Crippen molar-refractivity contribution in [2.75, 3.05) is 6.54 Å². The summed E-state index contributed by atoms with van der Waals surface area (Å²) in [5.74, 6) is 1.61. The third kappa shape index (κ3) is 3.56. The molecule has 0 aliphatic heterocycles. The zero-order valence-corrected chi connectivity index (χ0v) is 13.8. The Kier molecular flexibility index (Phi) is 5.92. The first kappa shape index (κ1) is 15.9. The van der Waals surface area contributed by atoms with E-state index in [0.717, 1.165) is 23.4 Å². The van der Waals surface area contributed by atoms with Crippen molar-refractivity contribution in [2.24, 2.45) is 11.8 Å². The fourth-order valence-electron chi connectivity index (χ4n) is 3.84. The molecule has 1 aliphatic carbocycles. The van der Waals surface area contributed by atoms with Crippen molar-refractivity contribution in [2.45, 2.75) is 58.9 Å². The molecule has 2 rings (SSSR count). The molecule has 1 nitrogen and oxygen atoms in total. The van der Waals surface area contributed by atoms with Gasteiger partial charge in [0.05, 0.1) is 0 Å². The second-order valence-corrected chi connectivity index (χ2v) is 6.59. The van der Waals surface area contributed by atoms with Crippen molar-refractivity contribution in [1.29, 1.82) is 0 Å². The van der Waals surface area contributed by atoms with Crippen LogP contribution in [0.25, 0.3) is 0 Å². The van der Waals surface area contributed by atoms with Gasteiger partial charge in [-0.2, -0.15) is 0 Å². The van der Waals surface area contributed by atoms with E-state index in [1.165, 1.54) is 43.2 Å². The molecule has 0 amide bonds. The second-order valence-electron chi connectivity index (χ2n) is 6.15. The molecular formula is C18H28ClN. The molecule has 112 valence electrons. The van der Waals surface area contributed by atoms with Gasteiger partial charge in [0.25, 0.3) is 0 Å². The van der Waals surface area contributed by atoms with Gasteiger partial charge in [0.15, 0.2) is 0 Å². The standard InChI is InChI=1S/C18H28ClN/c1-4-14-8-6-7-9-16(14)18(20-5-2)17-12-15(19)11-10-13(17)3/h10-12,14,16,18,20H,4-9H2,1-3H3. The summed E-state index contributed by atoms with van der Waals surface area (Å²) in [5.41, 5.74) is 2.77. The van der Waals surface area contributed by atoms with Gasteiger partial charge in [0.1, 0.15) is 0 Å². The Hall–Kier alpha value is -0.530. The van der Waals surface area contributed by atoms with Crippen LogP contribution in [0.2, 0.25) is 5.02 Å². The molecule has 0 radical (unpaired) electrons. The predicted molar refractivity (Wildman–Crippen MR) is 88.3 cm³/mol. The van der Waals surface area contributed by atoms with E-state index < -0.39 is 0 Å². The maximum absolute atomic E-state index is 6.24. The normalized spacial score (nSPS) is 24.6. The minimum Gasteiger partial charge on any atom is -0.310 e. The summed E-state index contributed by atoms with van der Waals surface area (Å²) in [4.78, 5) is 0. The predicted octanol–water partition coefficient (Wildman–Crippen LogP) is 5.52. The molecule has 1 N–H and O–H groups in total. The molecule has 2 heteroatoms. The van der Waals surface area contributed by atoms with Crippen LogP contribution in [0, 0.1) is 18.8 Å². The van der Waals surface area contributed by atoms with Crippen LogP contribution in [0.5, 0.6) is 0 Å². The number of aryl methyl sites for hydroxylation is 1. The van der Waals surface area contributed by atoms with Crippen LogP contribution in [0.1, 0.15) is 63.1 Å². The van der Waals surface area contributed by atoms with Gasteiger partial charge in [-0.05, 0) is 55.0 Å². The van der Waals surface area contributed by atoms with E-state index in [4.69, 9.17) is 11.6 Å². The molecule has 0 spiro atoms. The fraction of sp³-hybridized carbons (Fsp3) is 0.667. The largest absolute Gasteiger partial charge is 0.310 e. The lowest BCUT2D eigenvalue weighted by Gasteiger charge is -2.38. The number of hydrogen-bond acceptors (Lipinski definition) is 1. The molecular weight excluding hydrogens is 266 g/mol. The van der Waals surface area contributed by atoms with E-state index in [-0.39, 0.29) is 0 Å². The van der Waals surface area contributed by atoms with E-state index in [1.807, 2.05) is 6.07 Å². The SMILES string of the molecule is CCNC(c1cc(Cl)ccc1C)C1CCCCC1CC. The lowest BCUT2D eigenvalue weighted by molar-refractivity contribution is 0.176. The summed E-state index contributed by atoms with van der Waals surface area (Å²) in [7, 11) is 0. The van der Waals surface area contributed by atoms with Gasteiger partial charge in [-0.1, -0.05) is 57.2 Å². The highest BCUT2D eigenvalue weighted by molar-refractivity contribution is 6.30. The van der Waals surface area contributed by atoms with Gasteiger partial charge in [-0.3, -0.25) is 0 Å². The molecule has 3 unspecified atom stereocenters. The van der Waals surface area contributed by atoms with E-state index in [9.17, 15) is 0 Å². The van der Waals surface area contributed by atoms with E-state index in [1.54, 1.807) is 0 Å². The van der Waals surface area contributed by atoms with Crippen molar-refractivity contribution in [1.82, 2.24) is 5.32 Å². The molecule has 0 heterocycles. The monoisotopic (exact) mass is 293 g/mol. The molecule has 0 saturated heterocycles. The van der Waals surface area contributed by atoms with E-state index >= 15 is 0 Å². The van der Waals surface area contributed by atoms with Crippen LogP contribution in [0.15, 0.2) is 18.2 Å². The summed E-state index contributed by atoms with van der Waals surface area (Å²) >= 11 is 6.24. The summed E-state index contributed by atoms with van der Waals surface area (Å²) in [6.07, 6.45) is 6.82. The molecule has 1 aromatic carbocycles. The summed E-state index contributed by atoms with van der Waals surface area (Å²) in [5, 5.41) is 4.60. The van der Waals surface area contributed by atoms with Gasteiger partial charge in [0, 0.05) is 11.1 Å². The molecule has 0 aromatic heterocycles. The highest BCUT2D eigenvalue weighted by Crippen LogP contribution is 2.41. The Balaban J connectivity index is 2.31. The molecule has 3 atom stereocenters. The average molecular weight is 294 g/mol. The third-order valence-corrected chi connectivity index (χ3v) is 5.16. The highest BCUT2D eigenvalue weighted by atomic mass is 35.5. The lowest BCUT2D eigenvalue weighted by atomic mass is 9.72. The first-order valence-corrected chi connectivity index (χ1v) is 8.54. The topological polar surface area (TPSA) is 12.0 Å². The van der Waals surface area contributed by atoms with Crippen LogP contribution in [-0.4, -0.2) is 6.54 Å². The van der Waals surface area contributed by atoms with Crippen molar-refractivity contribution in [3.05, 3.63) is 34.3 Å². The lowest BCUT2D eigenvalue weighted by Crippen LogP contribution is -2.34. The first-order chi connectivity index (χ1) is 9.67. The van der Waals surface area contributed by atoms with Crippen molar-refractivity contribution in [3.63, 3.8) is 0 Å². The molecule has 20 heavy (non-hydrogen) atoms. The van der Waals surface area contributed by atoms with Crippen molar-refractivity contribution in [3.8, 4) is 0 Å². The molecule has 1 aliphatic rings. The quantitative estimate of drug-likeness (QED) is 0.754. The highest BCUT2D eigenvalue weighted by Gasteiger charge is 2.31. The maximum Gasteiger partial charge on any atom is 0.0409 e. The van der Waals surface area contributed by atoms with Gasteiger partial charge in [-0.25, -0.2) is 0 Å². The van der Waals surface area contributed by atoms with E-state index in [2.05, 4.69) is 38.2 Å². The first-order valence-electron chi connectivity index (χ1n) is 8.16. The van der Waals surface area contributed by atoms with Crippen molar-refractivity contribution >= 4 is 11.6 Å².